The van der Waals surface area contributed by atoms with Crippen LogP contribution in [0.4, 0.5) is 5.69 Å². The van der Waals surface area contributed by atoms with Gasteiger partial charge in [-0.05, 0) is 55.4 Å². The minimum absolute atomic E-state index is 0.227. The fourth-order valence-electron chi connectivity index (χ4n) is 4.83. The molecular weight excluding hydrogens is 374 g/mol. The fraction of sp³-hybridized carbons (Fsp3) is 0.480. The van der Waals surface area contributed by atoms with Crippen molar-refractivity contribution < 1.29 is 10.2 Å². The minimum Gasteiger partial charge on any atom is -0.390 e. The third-order valence-corrected chi connectivity index (χ3v) is 6.97. The summed E-state index contributed by atoms with van der Waals surface area (Å²) in [5.41, 5.74) is 2.23. The van der Waals surface area contributed by atoms with Crippen molar-refractivity contribution in [2.45, 2.75) is 62.3 Å². The maximum Gasteiger partial charge on any atom is 0.0899 e. The van der Waals surface area contributed by atoms with E-state index in [2.05, 4.69) is 51.4 Å². The van der Waals surface area contributed by atoms with Crippen molar-refractivity contribution in [3.8, 4) is 0 Å². The molecule has 1 unspecified atom stereocenters. The Bertz CT molecular complexity index is 884. The Hall–Kier alpha value is -2.21. The molecule has 2 aromatic rings. The Morgan fingerprint density at radius 3 is 2.27 bits per heavy atom. The lowest BCUT2D eigenvalue weighted by atomic mass is 9.84. The SMILES string of the molecule is OC1(CC2CC=NN2c2ccccc2)CCN(Cc2ccc(C3(O)CC3)cc2)CC1. The van der Waals surface area contributed by atoms with Crippen molar-refractivity contribution in [2.75, 3.05) is 18.1 Å². The van der Waals surface area contributed by atoms with E-state index in [4.69, 9.17) is 0 Å². The van der Waals surface area contributed by atoms with E-state index in [1.54, 1.807) is 0 Å². The molecule has 0 aromatic heterocycles. The number of para-hydroxylation sites is 1. The quantitative estimate of drug-likeness (QED) is 0.770. The van der Waals surface area contributed by atoms with Gasteiger partial charge in [-0.1, -0.05) is 42.5 Å². The smallest absolute Gasteiger partial charge is 0.0899 e. The van der Waals surface area contributed by atoms with Crippen LogP contribution in [0.1, 0.15) is 49.7 Å². The summed E-state index contributed by atoms with van der Waals surface area (Å²) in [6.07, 6.45) is 6.96. The van der Waals surface area contributed by atoms with Crippen molar-refractivity contribution in [2.24, 2.45) is 5.10 Å². The van der Waals surface area contributed by atoms with Gasteiger partial charge in [0.25, 0.3) is 0 Å². The van der Waals surface area contributed by atoms with Crippen LogP contribution in [-0.4, -0.2) is 46.1 Å². The Kier molecular flexibility index (Phi) is 5.13. The number of benzene rings is 2. The first-order chi connectivity index (χ1) is 14.5. The lowest BCUT2D eigenvalue weighted by Gasteiger charge is -2.40. The molecule has 5 nitrogen and oxygen atoms in total. The van der Waals surface area contributed by atoms with E-state index in [0.717, 1.165) is 69.4 Å². The maximum atomic E-state index is 11.3. The van der Waals surface area contributed by atoms with Gasteiger partial charge in [-0.15, -0.1) is 0 Å². The van der Waals surface area contributed by atoms with E-state index in [1.807, 2.05) is 24.4 Å². The summed E-state index contributed by atoms with van der Waals surface area (Å²) < 4.78 is 0. The summed E-state index contributed by atoms with van der Waals surface area (Å²) in [7, 11) is 0. The number of hydrogen-bond donors (Lipinski definition) is 2. The number of hydrazone groups is 1. The monoisotopic (exact) mass is 405 g/mol. The lowest BCUT2D eigenvalue weighted by molar-refractivity contribution is -0.0333. The van der Waals surface area contributed by atoms with E-state index < -0.39 is 11.2 Å². The second-order valence-electron chi connectivity index (χ2n) is 9.30. The van der Waals surface area contributed by atoms with Crippen molar-refractivity contribution in [1.82, 2.24) is 4.90 Å². The molecule has 1 aliphatic carbocycles. The van der Waals surface area contributed by atoms with Gasteiger partial charge >= 0.3 is 0 Å². The van der Waals surface area contributed by atoms with Gasteiger partial charge in [0.2, 0.25) is 0 Å². The summed E-state index contributed by atoms with van der Waals surface area (Å²) in [5.74, 6) is 0. The second kappa shape index (κ2) is 7.80. The number of nitrogens with zero attached hydrogens (tertiary/aromatic N) is 3. The van der Waals surface area contributed by atoms with Crippen LogP contribution in [0.15, 0.2) is 59.7 Å². The Balaban J connectivity index is 1.15. The molecule has 1 atom stereocenters. The molecule has 158 valence electrons. The molecule has 2 aliphatic heterocycles. The van der Waals surface area contributed by atoms with Crippen LogP contribution in [0, 0.1) is 0 Å². The maximum absolute atomic E-state index is 11.3. The van der Waals surface area contributed by atoms with Crippen LogP contribution in [0.25, 0.3) is 0 Å². The lowest BCUT2D eigenvalue weighted by Crippen LogP contribution is -2.47. The van der Waals surface area contributed by atoms with Gasteiger partial charge in [-0.25, -0.2) is 0 Å². The number of hydrogen-bond acceptors (Lipinski definition) is 5. The molecule has 0 radical (unpaired) electrons. The first-order valence-electron chi connectivity index (χ1n) is 11.2. The molecule has 3 aliphatic rings. The molecule has 1 saturated carbocycles. The van der Waals surface area contributed by atoms with Gasteiger partial charge in [-0.3, -0.25) is 9.91 Å². The van der Waals surface area contributed by atoms with Crippen molar-refractivity contribution in [1.29, 1.82) is 0 Å². The van der Waals surface area contributed by atoms with Crippen molar-refractivity contribution in [3.63, 3.8) is 0 Å². The van der Waals surface area contributed by atoms with E-state index in [1.165, 1.54) is 5.56 Å². The first-order valence-corrected chi connectivity index (χ1v) is 11.2. The Morgan fingerprint density at radius 1 is 0.900 bits per heavy atom. The van der Waals surface area contributed by atoms with Crippen LogP contribution in [0.5, 0.6) is 0 Å². The Morgan fingerprint density at radius 2 is 1.60 bits per heavy atom. The highest BCUT2D eigenvalue weighted by atomic mass is 16.3. The van der Waals surface area contributed by atoms with Gasteiger partial charge < -0.3 is 10.2 Å². The van der Waals surface area contributed by atoms with Crippen molar-refractivity contribution >= 4 is 11.9 Å². The predicted octanol–water partition coefficient (Wildman–Crippen LogP) is 3.65. The van der Waals surface area contributed by atoms with E-state index in [-0.39, 0.29) is 6.04 Å². The standard InChI is InChI=1S/C25H31N3O2/c29-24(18-23-10-15-26-28(23)22-4-2-1-3-5-22)13-16-27(17-14-24)19-20-6-8-21(9-7-20)25(30)11-12-25/h1-9,15,23,29-30H,10-14,16-19H2. The second-order valence-corrected chi connectivity index (χ2v) is 9.30. The van der Waals surface area contributed by atoms with Crippen LogP contribution in [0.3, 0.4) is 0 Å². The zero-order chi connectivity index (χ0) is 20.6. The van der Waals surface area contributed by atoms with E-state index in [9.17, 15) is 10.2 Å². The average molecular weight is 406 g/mol. The zero-order valence-electron chi connectivity index (χ0n) is 17.5. The number of piperidine rings is 1. The highest BCUT2D eigenvalue weighted by Gasteiger charge is 2.42. The minimum atomic E-state index is -0.624. The number of aliphatic hydroxyl groups is 2. The van der Waals surface area contributed by atoms with Crippen LogP contribution in [-0.2, 0) is 12.1 Å². The predicted molar refractivity (Wildman–Crippen MR) is 119 cm³/mol. The van der Waals surface area contributed by atoms with Gasteiger partial charge in [0.15, 0.2) is 0 Å². The van der Waals surface area contributed by atoms with E-state index in [0.29, 0.717) is 0 Å². The molecule has 2 fully saturated rings. The van der Waals surface area contributed by atoms with Gasteiger partial charge in [0.1, 0.15) is 0 Å². The first kappa shape index (κ1) is 19.7. The molecule has 0 spiro atoms. The number of rotatable bonds is 6. The van der Waals surface area contributed by atoms with Gasteiger partial charge in [0, 0.05) is 32.3 Å². The summed E-state index contributed by atoms with van der Waals surface area (Å²) in [6, 6.07) is 18.9. The number of likely N-dealkylation sites (tertiary alicyclic amines) is 1. The summed E-state index contributed by atoms with van der Waals surface area (Å²) >= 11 is 0. The largest absolute Gasteiger partial charge is 0.390 e. The van der Waals surface area contributed by atoms with Gasteiger partial charge in [-0.2, -0.15) is 5.10 Å². The molecule has 5 rings (SSSR count). The molecule has 2 heterocycles. The highest BCUT2D eigenvalue weighted by Crippen LogP contribution is 2.45. The summed E-state index contributed by atoms with van der Waals surface area (Å²) in [4.78, 5) is 2.43. The summed E-state index contributed by atoms with van der Waals surface area (Å²) in [6.45, 7) is 2.71. The highest BCUT2D eigenvalue weighted by molar-refractivity contribution is 5.66. The van der Waals surface area contributed by atoms with E-state index >= 15 is 0 Å². The molecule has 5 heteroatoms. The zero-order valence-corrected chi connectivity index (χ0v) is 17.5. The molecular formula is C25H31N3O2. The molecule has 2 N–H and O–H groups in total. The van der Waals surface area contributed by atoms with Crippen LogP contribution < -0.4 is 5.01 Å². The van der Waals surface area contributed by atoms with Crippen molar-refractivity contribution in [3.05, 3.63) is 65.7 Å². The third-order valence-electron chi connectivity index (χ3n) is 6.97. The molecule has 30 heavy (non-hydrogen) atoms. The summed E-state index contributed by atoms with van der Waals surface area (Å²) in [5, 5.41) is 28.1. The normalized spacial score (nSPS) is 24.9. The topological polar surface area (TPSA) is 59.3 Å². The molecule has 0 bridgehead atoms. The molecule has 2 aromatic carbocycles. The average Bonchev–Trinajstić information content (AvgIpc) is 3.36. The van der Waals surface area contributed by atoms with Gasteiger partial charge in [0.05, 0.1) is 22.9 Å². The number of anilines is 1. The Labute approximate surface area is 178 Å². The van der Waals surface area contributed by atoms with Crippen LogP contribution >= 0.6 is 0 Å². The molecule has 0 amide bonds. The van der Waals surface area contributed by atoms with Crippen LogP contribution in [0.2, 0.25) is 0 Å². The third kappa shape index (κ3) is 4.15. The fourth-order valence-corrected chi connectivity index (χ4v) is 4.83. The molecule has 1 saturated heterocycles.